The van der Waals surface area contributed by atoms with Gasteiger partial charge in [-0.05, 0) is 6.42 Å². The van der Waals surface area contributed by atoms with E-state index in [0.717, 1.165) is 30.9 Å². The van der Waals surface area contributed by atoms with Crippen LogP contribution in [0, 0.1) is 0 Å². The van der Waals surface area contributed by atoms with E-state index in [1.54, 1.807) is 13.4 Å². The highest BCUT2D eigenvalue weighted by atomic mass is 16.5. The molecule has 3 rings (SSSR count). The highest BCUT2D eigenvalue weighted by Gasteiger charge is 2.34. The molecule has 8 nitrogen and oxygen atoms in total. The minimum Gasteiger partial charge on any atom is -0.380 e. The minimum absolute atomic E-state index is 0.181. The van der Waals surface area contributed by atoms with Crippen LogP contribution in [0.3, 0.4) is 0 Å². The molecule has 8 heteroatoms. The van der Waals surface area contributed by atoms with Crippen molar-refractivity contribution in [1.82, 2.24) is 30.0 Å². The molecule has 1 aliphatic rings. The van der Waals surface area contributed by atoms with Gasteiger partial charge in [0.15, 0.2) is 0 Å². The van der Waals surface area contributed by atoms with Gasteiger partial charge in [0.25, 0.3) is 0 Å². The number of likely N-dealkylation sites (tertiary alicyclic amines) is 1. The summed E-state index contributed by atoms with van der Waals surface area (Å²) in [4.78, 5) is 17.2. The number of ether oxygens (including phenoxy) is 1. The van der Waals surface area contributed by atoms with Crippen molar-refractivity contribution in [2.75, 3.05) is 32.6 Å². The molecule has 0 spiro atoms. The first-order valence-electron chi connectivity index (χ1n) is 7.27. The Balaban J connectivity index is 1.74. The maximum absolute atomic E-state index is 5.52. The molecular formula is C14H21N7O. The first-order valence-corrected chi connectivity index (χ1v) is 7.27. The number of nitrogens with one attached hydrogen (secondary N) is 1. The molecule has 2 aromatic rings. The first kappa shape index (κ1) is 14.9. The molecule has 2 aromatic heterocycles. The van der Waals surface area contributed by atoms with Gasteiger partial charge in [0.1, 0.15) is 12.2 Å². The van der Waals surface area contributed by atoms with Crippen molar-refractivity contribution in [3.8, 4) is 0 Å². The van der Waals surface area contributed by atoms with Gasteiger partial charge in [0.05, 0.1) is 12.1 Å². The van der Waals surface area contributed by atoms with Gasteiger partial charge < -0.3 is 9.64 Å². The zero-order valence-electron chi connectivity index (χ0n) is 13.1. The lowest BCUT2D eigenvalue weighted by Crippen LogP contribution is -2.25. The molecule has 3 heterocycles. The molecule has 0 amide bonds. The highest BCUT2D eigenvalue weighted by molar-refractivity contribution is 5.26. The smallest absolute Gasteiger partial charge is 0.224 e. The van der Waals surface area contributed by atoms with E-state index in [-0.39, 0.29) is 12.1 Å². The average Bonchev–Trinajstić information content (AvgIpc) is 3.16. The SMILES string of the molecule is CO[C@@H]1C[C@@H](c2ncn[nH]2)N(Cc2cnc(N(C)C)nc2)C1. The van der Waals surface area contributed by atoms with E-state index in [2.05, 4.69) is 30.0 Å². The van der Waals surface area contributed by atoms with E-state index in [1.165, 1.54) is 0 Å². The van der Waals surface area contributed by atoms with Crippen LogP contribution >= 0.6 is 0 Å². The molecule has 1 fully saturated rings. The van der Waals surface area contributed by atoms with E-state index >= 15 is 0 Å². The predicted octanol–water partition coefficient (Wildman–Crippen LogP) is 0.623. The number of anilines is 1. The molecule has 0 saturated carbocycles. The van der Waals surface area contributed by atoms with Gasteiger partial charge in [-0.1, -0.05) is 0 Å². The Bertz CT molecular complexity index is 584. The van der Waals surface area contributed by atoms with Crippen molar-refractivity contribution in [1.29, 1.82) is 0 Å². The summed E-state index contributed by atoms with van der Waals surface area (Å²) in [5.74, 6) is 1.59. The van der Waals surface area contributed by atoms with Gasteiger partial charge in [-0.3, -0.25) is 10.00 Å². The molecule has 118 valence electrons. The number of methoxy groups -OCH3 is 1. The Labute approximate surface area is 129 Å². The summed E-state index contributed by atoms with van der Waals surface area (Å²) in [6.45, 7) is 1.62. The maximum atomic E-state index is 5.52. The van der Waals surface area contributed by atoms with Crippen LogP contribution in [-0.2, 0) is 11.3 Å². The molecule has 0 aliphatic carbocycles. The van der Waals surface area contributed by atoms with Crippen molar-refractivity contribution >= 4 is 5.95 Å². The molecule has 1 aliphatic heterocycles. The second-order valence-corrected chi connectivity index (χ2v) is 5.70. The third-order valence-electron chi connectivity index (χ3n) is 3.93. The molecular weight excluding hydrogens is 282 g/mol. The first-order chi connectivity index (χ1) is 10.7. The van der Waals surface area contributed by atoms with Crippen molar-refractivity contribution in [2.24, 2.45) is 0 Å². The maximum Gasteiger partial charge on any atom is 0.224 e. The van der Waals surface area contributed by atoms with Crippen molar-refractivity contribution in [3.05, 3.63) is 30.1 Å². The van der Waals surface area contributed by atoms with Crippen LogP contribution in [0.4, 0.5) is 5.95 Å². The van der Waals surface area contributed by atoms with Crippen LogP contribution in [-0.4, -0.2) is 63.9 Å². The number of H-pyrrole nitrogens is 1. The van der Waals surface area contributed by atoms with Gasteiger partial charge in [0.2, 0.25) is 5.95 Å². The summed E-state index contributed by atoms with van der Waals surface area (Å²) in [6, 6.07) is 0.181. The predicted molar refractivity (Wildman–Crippen MR) is 81.3 cm³/mol. The molecule has 1 saturated heterocycles. The largest absolute Gasteiger partial charge is 0.380 e. The summed E-state index contributed by atoms with van der Waals surface area (Å²) >= 11 is 0. The number of hydrogen-bond donors (Lipinski definition) is 1. The second-order valence-electron chi connectivity index (χ2n) is 5.70. The Morgan fingerprint density at radius 3 is 2.68 bits per heavy atom. The fourth-order valence-electron chi connectivity index (χ4n) is 2.76. The quantitative estimate of drug-likeness (QED) is 0.867. The standard InChI is InChI=1S/C14H21N7O/c1-20(2)14-15-5-10(6-16-14)7-21-8-11(22-3)4-12(21)13-17-9-18-19-13/h5-6,9,11-12H,4,7-8H2,1-3H3,(H,17,18,19)/t11-,12+/m1/s1. The van der Waals surface area contributed by atoms with E-state index in [9.17, 15) is 0 Å². The van der Waals surface area contributed by atoms with E-state index in [1.807, 2.05) is 31.4 Å². The van der Waals surface area contributed by atoms with E-state index in [0.29, 0.717) is 5.95 Å². The Morgan fingerprint density at radius 1 is 1.32 bits per heavy atom. The molecule has 2 atom stereocenters. The highest BCUT2D eigenvalue weighted by Crippen LogP contribution is 2.32. The molecule has 0 unspecified atom stereocenters. The lowest BCUT2D eigenvalue weighted by Gasteiger charge is -2.22. The number of nitrogens with zero attached hydrogens (tertiary/aromatic N) is 6. The van der Waals surface area contributed by atoms with Crippen LogP contribution in [0.2, 0.25) is 0 Å². The molecule has 0 radical (unpaired) electrons. The Kier molecular flexibility index (Phi) is 4.30. The van der Waals surface area contributed by atoms with Crippen molar-refractivity contribution in [3.63, 3.8) is 0 Å². The fraction of sp³-hybridized carbons (Fsp3) is 0.571. The normalized spacial score (nSPS) is 22.1. The summed E-state index contributed by atoms with van der Waals surface area (Å²) in [5, 5.41) is 6.92. The fourth-order valence-corrected chi connectivity index (χ4v) is 2.76. The second kappa shape index (κ2) is 6.37. The number of rotatable bonds is 5. The topological polar surface area (TPSA) is 83.1 Å². The Morgan fingerprint density at radius 2 is 2.09 bits per heavy atom. The Hall–Kier alpha value is -2.06. The van der Waals surface area contributed by atoms with Crippen LogP contribution in [0.5, 0.6) is 0 Å². The molecule has 0 aromatic carbocycles. The zero-order chi connectivity index (χ0) is 15.5. The number of aromatic nitrogens is 5. The molecule has 1 N–H and O–H groups in total. The van der Waals surface area contributed by atoms with Gasteiger partial charge in [-0.2, -0.15) is 5.10 Å². The minimum atomic E-state index is 0.181. The molecule has 22 heavy (non-hydrogen) atoms. The van der Waals surface area contributed by atoms with Gasteiger partial charge in [-0.25, -0.2) is 15.0 Å². The number of aromatic amines is 1. The number of hydrogen-bond acceptors (Lipinski definition) is 7. The van der Waals surface area contributed by atoms with Gasteiger partial charge in [0, 0.05) is 52.3 Å². The van der Waals surface area contributed by atoms with Crippen LogP contribution in [0.25, 0.3) is 0 Å². The summed E-state index contributed by atoms with van der Waals surface area (Å²) < 4.78 is 5.52. The third kappa shape index (κ3) is 3.07. The third-order valence-corrected chi connectivity index (χ3v) is 3.93. The summed E-state index contributed by atoms with van der Waals surface area (Å²) in [6.07, 6.45) is 6.40. The van der Waals surface area contributed by atoms with E-state index in [4.69, 9.17) is 4.74 Å². The lowest BCUT2D eigenvalue weighted by molar-refractivity contribution is 0.107. The van der Waals surface area contributed by atoms with Crippen LogP contribution < -0.4 is 4.90 Å². The van der Waals surface area contributed by atoms with Crippen LogP contribution in [0.15, 0.2) is 18.7 Å². The van der Waals surface area contributed by atoms with Crippen LogP contribution in [0.1, 0.15) is 23.9 Å². The van der Waals surface area contributed by atoms with E-state index < -0.39 is 0 Å². The van der Waals surface area contributed by atoms with Crippen molar-refractivity contribution in [2.45, 2.75) is 25.1 Å². The monoisotopic (exact) mass is 303 g/mol. The zero-order valence-corrected chi connectivity index (χ0v) is 13.1. The van der Waals surface area contributed by atoms with Gasteiger partial charge >= 0.3 is 0 Å². The van der Waals surface area contributed by atoms with Crippen molar-refractivity contribution < 1.29 is 4.74 Å². The molecule has 0 bridgehead atoms. The summed E-state index contributed by atoms with van der Waals surface area (Å²) in [5.41, 5.74) is 1.08. The lowest BCUT2D eigenvalue weighted by atomic mass is 10.2. The average molecular weight is 303 g/mol. The van der Waals surface area contributed by atoms with Gasteiger partial charge in [-0.15, -0.1) is 0 Å². The summed E-state index contributed by atoms with van der Waals surface area (Å²) in [7, 11) is 5.61.